The number of hydrogen-bond acceptors (Lipinski definition) is 16. The third-order valence-electron chi connectivity index (χ3n) is 14.5. The van der Waals surface area contributed by atoms with Crippen molar-refractivity contribution in [3.8, 4) is 91.1 Å². The number of rotatable bonds is 18. The third kappa shape index (κ3) is 11.7. The van der Waals surface area contributed by atoms with Crippen LogP contribution in [0.25, 0.3) is 112 Å². The van der Waals surface area contributed by atoms with Crippen LogP contribution in [0.5, 0.6) is 23.0 Å². The number of aliphatic hydroxyl groups excluding tert-OH is 2. The first-order valence-electron chi connectivity index (χ1n) is 26.4. The molecule has 0 atom stereocenters. The van der Waals surface area contributed by atoms with Crippen molar-refractivity contribution in [2.45, 2.75) is 67.4 Å². The van der Waals surface area contributed by atoms with E-state index >= 15 is 0 Å². The lowest BCUT2D eigenvalue weighted by Crippen LogP contribution is -2.04. The maximum Gasteiger partial charge on any atom is 0.387 e. The molecule has 0 aliphatic rings. The van der Waals surface area contributed by atoms with Gasteiger partial charge in [0.2, 0.25) is 23.6 Å². The lowest BCUT2D eigenvalue weighted by Gasteiger charge is -2.14. The molecule has 448 valence electrons. The monoisotopic (exact) mass is 1210 g/mol. The van der Waals surface area contributed by atoms with Crippen molar-refractivity contribution in [2.75, 3.05) is 0 Å². The van der Waals surface area contributed by atoms with Gasteiger partial charge in [-0.25, -0.2) is 19.9 Å². The van der Waals surface area contributed by atoms with Crippen molar-refractivity contribution in [1.82, 2.24) is 19.9 Å². The number of ether oxygens (including phenoxy) is 4. The molecule has 8 aromatic carbocycles. The van der Waals surface area contributed by atoms with Crippen LogP contribution < -0.4 is 18.9 Å². The minimum atomic E-state index is -3.12. The Morgan fingerprint density at radius 1 is 0.375 bits per heavy atom. The molecule has 0 bridgehead atoms. The van der Waals surface area contributed by atoms with Crippen LogP contribution in [0.2, 0.25) is 0 Å². The number of nitrogens with zero attached hydrogens (tertiary/aromatic N) is 4. The Labute approximate surface area is 491 Å². The minimum Gasteiger partial charge on any atom is -0.436 e. The molecule has 0 saturated carbocycles. The maximum atomic E-state index is 12.9. The number of halogens is 8. The number of fused-ring (bicyclic) bond motifs is 4. The predicted octanol–water partition coefficient (Wildman–Crippen LogP) is 16.2. The molecule has 0 unspecified atom stereocenters. The average molecular weight is 1210 g/mol. The first-order chi connectivity index (χ1) is 42.3. The molecule has 0 radical (unpaired) electrons. The van der Waals surface area contributed by atoms with Crippen LogP contribution >= 0.6 is 0 Å². The Kier molecular flexibility index (Phi) is 16.5. The lowest BCUT2D eigenvalue weighted by molar-refractivity contribution is -0.0515. The Bertz CT molecular complexity index is 4360. The van der Waals surface area contributed by atoms with E-state index in [0.717, 1.165) is 44.5 Å². The first-order valence-corrected chi connectivity index (χ1v) is 26.4. The summed E-state index contributed by atoms with van der Waals surface area (Å²) in [7, 11) is 0. The number of carbonyl (C=O) groups excluding carboxylic acids is 2. The number of carbonyl (C=O) groups is 2. The average Bonchev–Trinajstić information content (AvgIpc) is 2.81. The summed E-state index contributed by atoms with van der Waals surface area (Å²) >= 11 is 0. The summed E-state index contributed by atoms with van der Waals surface area (Å²) < 4.78 is 145. The molecule has 12 aromatic rings. The zero-order chi connectivity index (χ0) is 62.2. The molecule has 0 fully saturated rings. The predicted molar refractivity (Wildman–Crippen MR) is 304 cm³/mol. The number of aldehydes is 2. The molecule has 0 aliphatic carbocycles. The molecule has 0 aliphatic heterocycles. The Balaban J connectivity index is 0.000000182. The second-order valence-electron chi connectivity index (χ2n) is 19.6. The summed E-state index contributed by atoms with van der Waals surface area (Å²) in [5, 5.41) is 19.2. The van der Waals surface area contributed by atoms with Crippen LogP contribution in [0.15, 0.2) is 139 Å². The van der Waals surface area contributed by atoms with Gasteiger partial charge in [-0.3, -0.25) is 9.59 Å². The molecule has 0 amide bonds. The van der Waals surface area contributed by atoms with Crippen LogP contribution in [-0.4, -0.2) is 69.2 Å². The SMILES string of the molecule is Cc1c(-c2nc3cc(C=O)c(OC(F)F)cc3o2)cccc1-c1cccc(-c2nc3cc(C=O)c(OC(F)F)cc3o2)c1C.Cc1c(-c2nc3cc(CO)c(OC(F)F)cc3o2)cccc1-c1cccc(-c2nc3cc(CO)c(OC(F)F)cc3o2)c1C. The van der Waals surface area contributed by atoms with Crippen molar-refractivity contribution in [3.63, 3.8) is 0 Å². The highest BCUT2D eigenvalue weighted by Gasteiger charge is 2.24. The van der Waals surface area contributed by atoms with E-state index in [2.05, 4.69) is 38.9 Å². The molecular weight excluding hydrogens is 1170 g/mol. The Morgan fingerprint density at radius 2 is 0.614 bits per heavy atom. The van der Waals surface area contributed by atoms with E-state index in [1.807, 2.05) is 88.4 Å². The Morgan fingerprint density at radius 3 is 0.864 bits per heavy atom. The summed E-state index contributed by atoms with van der Waals surface area (Å²) in [4.78, 5) is 40.9. The molecule has 4 heterocycles. The maximum absolute atomic E-state index is 12.9. The van der Waals surface area contributed by atoms with E-state index in [4.69, 9.17) is 17.7 Å². The van der Waals surface area contributed by atoms with Gasteiger partial charge in [-0.15, -0.1) is 0 Å². The van der Waals surface area contributed by atoms with Gasteiger partial charge in [-0.1, -0.05) is 48.5 Å². The van der Waals surface area contributed by atoms with E-state index < -0.39 is 39.7 Å². The molecule has 16 nitrogen and oxygen atoms in total. The fraction of sp³-hybridized carbons (Fsp3) is 0.156. The molecule has 2 N–H and O–H groups in total. The zero-order valence-electron chi connectivity index (χ0n) is 46.2. The summed E-state index contributed by atoms with van der Waals surface area (Å²) in [6.45, 7) is -5.86. The highest BCUT2D eigenvalue weighted by atomic mass is 19.3. The van der Waals surface area contributed by atoms with Gasteiger partial charge in [-0.2, -0.15) is 35.1 Å². The number of alkyl halides is 8. The summed E-state index contributed by atoms with van der Waals surface area (Å²) in [5.74, 6) is -0.0828. The van der Waals surface area contributed by atoms with E-state index in [-0.39, 0.29) is 91.1 Å². The highest BCUT2D eigenvalue weighted by molar-refractivity contribution is 5.92. The van der Waals surface area contributed by atoms with Crippen LogP contribution in [-0.2, 0) is 13.2 Å². The van der Waals surface area contributed by atoms with Gasteiger partial charge in [0.05, 0.1) is 24.3 Å². The smallest absolute Gasteiger partial charge is 0.387 e. The van der Waals surface area contributed by atoms with Crippen molar-refractivity contribution >= 4 is 57.0 Å². The number of aromatic nitrogens is 4. The quantitative estimate of drug-likeness (QED) is 0.0603. The number of benzene rings is 8. The van der Waals surface area contributed by atoms with E-state index in [9.17, 15) is 54.9 Å². The van der Waals surface area contributed by atoms with Gasteiger partial charge < -0.3 is 46.8 Å². The first kappa shape index (κ1) is 59.3. The van der Waals surface area contributed by atoms with Gasteiger partial charge >= 0.3 is 26.4 Å². The van der Waals surface area contributed by atoms with Crippen LogP contribution in [0.4, 0.5) is 35.1 Å². The van der Waals surface area contributed by atoms with E-state index in [1.165, 1.54) is 48.5 Å². The van der Waals surface area contributed by atoms with Crippen LogP contribution in [0, 0.1) is 27.7 Å². The van der Waals surface area contributed by atoms with Crippen molar-refractivity contribution in [2.24, 2.45) is 0 Å². The van der Waals surface area contributed by atoms with Gasteiger partial charge in [0.15, 0.2) is 34.9 Å². The molecule has 4 aromatic heterocycles. The van der Waals surface area contributed by atoms with Gasteiger partial charge in [0.25, 0.3) is 0 Å². The highest BCUT2D eigenvalue weighted by Crippen LogP contribution is 2.42. The standard InChI is InChI=1S/C32H24F4N2O6.C32H20F4N2O6/c2*1-15-19(5-3-7-21(15)29-37-23-9-17(13-39)25(43-31(33)34)11-27(23)41-29)20-6-4-8-22(16(20)2)30-38-24-10-18(14-40)26(44-32(35)36)12-28(24)42-30/h3-12,31-32,39-40H,13-14H2,1-2H3;3-14,31-32H,1-2H3. The van der Waals surface area contributed by atoms with Gasteiger partial charge in [-0.05, 0) is 121 Å². The van der Waals surface area contributed by atoms with Gasteiger partial charge in [0.1, 0.15) is 45.1 Å². The second kappa shape index (κ2) is 24.5. The summed E-state index contributed by atoms with van der Waals surface area (Å²) in [6.07, 6.45) is 0.808. The summed E-state index contributed by atoms with van der Waals surface area (Å²) in [5.41, 5.74) is 11.4. The molecular formula is C64H44F8N4O12. The molecule has 0 spiro atoms. The number of hydrogen-bond donors (Lipinski definition) is 2. The topological polar surface area (TPSA) is 216 Å². The molecule has 88 heavy (non-hydrogen) atoms. The van der Waals surface area contributed by atoms with E-state index in [1.54, 1.807) is 12.1 Å². The molecule has 24 heteroatoms. The number of oxazole rings is 4. The normalized spacial score (nSPS) is 11.7. The molecule has 12 rings (SSSR count). The largest absolute Gasteiger partial charge is 0.436 e. The fourth-order valence-electron chi connectivity index (χ4n) is 10.3. The Hall–Kier alpha value is -10.5. The van der Waals surface area contributed by atoms with Gasteiger partial charge in [0, 0.05) is 57.6 Å². The fourth-order valence-corrected chi connectivity index (χ4v) is 10.3. The van der Waals surface area contributed by atoms with Crippen LogP contribution in [0.1, 0.15) is 54.1 Å². The van der Waals surface area contributed by atoms with Crippen molar-refractivity contribution in [1.29, 1.82) is 0 Å². The summed E-state index contributed by atoms with van der Waals surface area (Å²) in [6, 6.07) is 32.7. The van der Waals surface area contributed by atoms with E-state index in [0.29, 0.717) is 56.9 Å². The van der Waals surface area contributed by atoms with Crippen molar-refractivity contribution < 1.29 is 91.5 Å². The minimum absolute atomic E-state index is 0.0880. The third-order valence-corrected chi connectivity index (χ3v) is 14.5. The van der Waals surface area contributed by atoms with Crippen LogP contribution in [0.3, 0.4) is 0 Å². The van der Waals surface area contributed by atoms with Crippen molar-refractivity contribution in [3.05, 3.63) is 166 Å². The lowest BCUT2D eigenvalue weighted by atomic mass is 9.91. The molecule has 0 saturated heterocycles. The zero-order valence-corrected chi connectivity index (χ0v) is 46.2. The second-order valence-corrected chi connectivity index (χ2v) is 19.6. The number of aliphatic hydroxyl groups is 2.